The zero-order valence-electron chi connectivity index (χ0n) is 9.58. The molecule has 90 valence electrons. The molecule has 1 unspecified atom stereocenters. The number of rotatable bonds is 4. The molecule has 1 atom stereocenters. The van der Waals surface area contributed by atoms with Crippen molar-refractivity contribution in [2.24, 2.45) is 5.73 Å². The van der Waals surface area contributed by atoms with Crippen molar-refractivity contribution >= 4 is 11.2 Å². The van der Waals surface area contributed by atoms with Crippen LogP contribution in [0.25, 0.3) is 11.2 Å². The van der Waals surface area contributed by atoms with Gasteiger partial charge in [-0.05, 0) is 31.4 Å². The minimum Gasteiger partial charge on any atom is -0.396 e. The average Bonchev–Trinajstić information content (AvgIpc) is 3.09. The summed E-state index contributed by atoms with van der Waals surface area (Å²) in [6, 6.07) is 4.12. The van der Waals surface area contributed by atoms with E-state index in [1.54, 1.807) is 6.20 Å². The van der Waals surface area contributed by atoms with E-state index < -0.39 is 0 Å². The molecule has 0 saturated heterocycles. The Bertz CT molecular complexity index is 532. The third-order valence-corrected chi connectivity index (χ3v) is 3.16. The molecule has 5 heteroatoms. The summed E-state index contributed by atoms with van der Waals surface area (Å²) in [6.07, 6.45) is 4.65. The van der Waals surface area contributed by atoms with Crippen LogP contribution in [0.5, 0.6) is 0 Å². The van der Waals surface area contributed by atoms with E-state index in [2.05, 4.69) is 14.5 Å². The second-order valence-electron chi connectivity index (χ2n) is 4.54. The summed E-state index contributed by atoms with van der Waals surface area (Å²) < 4.78 is 2.15. The van der Waals surface area contributed by atoms with E-state index in [0.29, 0.717) is 12.5 Å². The fourth-order valence-electron chi connectivity index (χ4n) is 2.17. The maximum Gasteiger partial charge on any atom is 0.160 e. The fourth-order valence-corrected chi connectivity index (χ4v) is 2.17. The maximum atomic E-state index is 8.99. The highest BCUT2D eigenvalue weighted by atomic mass is 16.3. The molecule has 3 rings (SSSR count). The first-order valence-corrected chi connectivity index (χ1v) is 6.00. The van der Waals surface area contributed by atoms with Crippen LogP contribution in [0, 0.1) is 0 Å². The van der Waals surface area contributed by atoms with Crippen molar-refractivity contribution in [2.45, 2.75) is 31.3 Å². The molecule has 1 fully saturated rings. The van der Waals surface area contributed by atoms with Gasteiger partial charge in [0, 0.05) is 18.8 Å². The topological polar surface area (TPSA) is 77.0 Å². The molecule has 2 aromatic heterocycles. The first-order valence-electron chi connectivity index (χ1n) is 6.00. The number of nitrogens with two attached hydrogens (primary N) is 1. The van der Waals surface area contributed by atoms with Gasteiger partial charge in [0.25, 0.3) is 0 Å². The molecule has 0 aliphatic heterocycles. The van der Waals surface area contributed by atoms with Crippen LogP contribution in [-0.2, 0) is 0 Å². The normalized spacial score (nSPS) is 17.5. The number of nitrogens with zero attached hydrogens (tertiary/aromatic N) is 3. The summed E-state index contributed by atoms with van der Waals surface area (Å²) in [4.78, 5) is 8.94. The van der Waals surface area contributed by atoms with Gasteiger partial charge >= 0.3 is 0 Å². The monoisotopic (exact) mass is 232 g/mol. The van der Waals surface area contributed by atoms with Gasteiger partial charge in [0.05, 0.1) is 6.04 Å². The van der Waals surface area contributed by atoms with Gasteiger partial charge in [0.2, 0.25) is 0 Å². The number of hydrogen-bond donors (Lipinski definition) is 2. The molecule has 2 heterocycles. The van der Waals surface area contributed by atoms with E-state index >= 15 is 0 Å². The van der Waals surface area contributed by atoms with Crippen molar-refractivity contribution in [2.75, 3.05) is 6.61 Å². The van der Waals surface area contributed by atoms with Gasteiger partial charge in [-0.2, -0.15) is 0 Å². The van der Waals surface area contributed by atoms with Crippen LogP contribution >= 0.6 is 0 Å². The Kier molecular flexibility index (Phi) is 2.57. The van der Waals surface area contributed by atoms with Crippen molar-refractivity contribution in [1.82, 2.24) is 14.5 Å². The molecule has 0 spiro atoms. The average molecular weight is 232 g/mol. The predicted octanol–water partition coefficient (Wildman–Crippen LogP) is 1.15. The highest BCUT2D eigenvalue weighted by Crippen LogP contribution is 2.39. The number of hydrogen-bond acceptors (Lipinski definition) is 4. The van der Waals surface area contributed by atoms with Crippen LogP contribution in [-0.4, -0.2) is 26.2 Å². The second kappa shape index (κ2) is 4.09. The maximum absolute atomic E-state index is 8.99. The highest BCUT2D eigenvalue weighted by molar-refractivity contribution is 5.71. The number of aromatic nitrogens is 3. The molecule has 1 aliphatic carbocycles. The van der Waals surface area contributed by atoms with E-state index in [-0.39, 0.29) is 12.6 Å². The summed E-state index contributed by atoms with van der Waals surface area (Å²) in [7, 11) is 0. The van der Waals surface area contributed by atoms with E-state index in [1.807, 2.05) is 12.1 Å². The van der Waals surface area contributed by atoms with E-state index in [4.69, 9.17) is 10.8 Å². The minimum atomic E-state index is -0.213. The summed E-state index contributed by atoms with van der Waals surface area (Å²) in [5.41, 5.74) is 7.87. The van der Waals surface area contributed by atoms with Crippen LogP contribution in [0.1, 0.15) is 37.2 Å². The van der Waals surface area contributed by atoms with Gasteiger partial charge in [-0.15, -0.1) is 0 Å². The predicted molar refractivity (Wildman–Crippen MR) is 64.4 cm³/mol. The van der Waals surface area contributed by atoms with Crippen molar-refractivity contribution in [1.29, 1.82) is 0 Å². The van der Waals surface area contributed by atoms with E-state index in [1.165, 1.54) is 12.8 Å². The Balaban J connectivity index is 2.12. The number of fused-ring (bicyclic) bond motifs is 1. The van der Waals surface area contributed by atoms with Gasteiger partial charge in [-0.3, -0.25) is 0 Å². The summed E-state index contributed by atoms with van der Waals surface area (Å²) in [5, 5.41) is 8.99. The van der Waals surface area contributed by atoms with Gasteiger partial charge in [-0.1, -0.05) is 0 Å². The molecular formula is C12H16N4O. The smallest absolute Gasteiger partial charge is 0.160 e. The van der Waals surface area contributed by atoms with Crippen molar-refractivity contribution < 1.29 is 5.11 Å². The van der Waals surface area contributed by atoms with Gasteiger partial charge in [-0.25, -0.2) is 9.97 Å². The lowest BCUT2D eigenvalue weighted by Gasteiger charge is -2.12. The van der Waals surface area contributed by atoms with Crippen LogP contribution in [0.2, 0.25) is 0 Å². The van der Waals surface area contributed by atoms with Crippen LogP contribution in [0.15, 0.2) is 18.3 Å². The molecule has 0 amide bonds. The summed E-state index contributed by atoms with van der Waals surface area (Å²) >= 11 is 0. The second-order valence-corrected chi connectivity index (χ2v) is 4.54. The van der Waals surface area contributed by atoms with Crippen LogP contribution in [0.3, 0.4) is 0 Å². The number of aliphatic hydroxyl groups excluding tert-OH is 1. The molecule has 17 heavy (non-hydrogen) atoms. The Labute approximate surface area is 99.3 Å². The Hall–Kier alpha value is -1.46. The number of pyridine rings is 1. The number of imidazole rings is 1. The third-order valence-electron chi connectivity index (χ3n) is 3.16. The number of aliphatic hydroxyl groups is 1. The van der Waals surface area contributed by atoms with E-state index in [0.717, 1.165) is 17.0 Å². The van der Waals surface area contributed by atoms with Gasteiger partial charge in [0.1, 0.15) is 11.3 Å². The van der Waals surface area contributed by atoms with Crippen molar-refractivity contribution in [3.63, 3.8) is 0 Å². The highest BCUT2D eigenvalue weighted by Gasteiger charge is 2.30. The molecule has 0 radical (unpaired) electrons. The summed E-state index contributed by atoms with van der Waals surface area (Å²) in [6.45, 7) is 0.0858. The molecule has 2 aromatic rings. The first kappa shape index (κ1) is 10.7. The Morgan fingerprint density at radius 3 is 3.06 bits per heavy atom. The molecule has 1 aliphatic rings. The fraction of sp³-hybridized carbons (Fsp3) is 0.500. The summed E-state index contributed by atoms with van der Waals surface area (Å²) in [5.74, 6) is 0.857. The van der Waals surface area contributed by atoms with Crippen molar-refractivity contribution in [3.8, 4) is 0 Å². The zero-order chi connectivity index (χ0) is 11.8. The van der Waals surface area contributed by atoms with E-state index in [9.17, 15) is 0 Å². The lowest BCUT2D eigenvalue weighted by atomic mass is 10.2. The third kappa shape index (κ3) is 1.81. The van der Waals surface area contributed by atoms with Gasteiger partial charge < -0.3 is 15.4 Å². The minimum absolute atomic E-state index is 0.0858. The quantitative estimate of drug-likeness (QED) is 0.829. The molecule has 5 nitrogen and oxygen atoms in total. The largest absolute Gasteiger partial charge is 0.396 e. The molecule has 0 bridgehead atoms. The molecule has 3 N–H and O–H groups in total. The van der Waals surface area contributed by atoms with Crippen LogP contribution < -0.4 is 5.73 Å². The lowest BCUT2D eigenvalue weighted by molar-refractivity contribution is 0.273. The molecular weight excluding hydrogens is 216 g/mol. The van der Waals surface area contributed by atoms with Gasteiger partial charge in [0.15, 0.2) is 5.65 Å². The zero-order valence-corrected chi connectivity index (χ0v) is 9.58. The standard InChI is InChI=1S/C12H16N4O/c13-9(5-7-17)11-15-10-2-1-6-14-12(10)16(11)8-3-4-8/h1-2,6,8-9,17H,3-5,7,13H2. The molecule has 0 aromatic carbocycles. The Morgan fingerprint density at radius 1 is 1.53 bits per heavy atom. The Morgan fingerprint density at radius 2 is 2.35 bits per heavy atom. The first-order chi connectivity index (χ1) is 8.31. The SMILES string of the molecule is NC(CCO)c1nc2cccnc2n1C1CC1. The van der Waals surface area contributed by atoms with Crippen molar-refractivity contribution in [3.05, 3.63) is 24.2 Å². The van der Waals surface area contributed by atoms with Crippen LogP contribution in [0.4, 0.5) is 0 Å². The molecule has 1 saturated carbocycles. The lowest BCUT2D eigenvalue weighted by Crippen LogP contribution is -2.17.